The highest BCUT2D eigenvalue weighted by molar-refractivity contribution is 5.95. The van der Waals surface area contributed by atoms with Crippen LogP contribution in [0.3, 0.4) is 0 Å². The molecule has 0 aliphatic carbocycles. The number of methoxy groups -OCH3 is 1. The number of esters is 1. The maximum absolute atomic E-state index is 15.1. The van der Waals surface area contributed by atoms with E-state index in [-0.39, 0.29) is 37.6 Å². The molecule has 0 unspecified atom stereocenters. The number of hydrogen-bond acceptors (Lipinski definition) is 13. The smallest absolute Gasteiger partial charge is 0.408 e. The molecule has 0 saturated carbocycles. The first kappa shape index (κ1) is 51.3. The van der Waals surface area contributed by atoms with E-state index in [4.69, 9.17) is 29.4 Å². The van der Waals surface area contributed by atoms with E-state index >= 15 is 13.2 Å². The highest BCUT2D eigenvalue weighted by Gasteiger charge is 2.39. The van der Waals surface area contributed by atoms with Crippen LogP contribution in [0, 0.1) is 5.41 Å². The summed E-state index contributed by atoms with van der Waals surface area (Å²) in [6, 6.07) is 4.20. The van der Waals surface area contributed by atoms with Crippen molar-refractivity contribution in [1.82, 2.24) is 30.1 Å². The van der Waals surface area contributed by atoms with Crippen molar-refractivity contribution in [2.45, 2.75) is 136 Å². The molecule has 0 radical (unpaired) electrons. The number of hydrogen-bond donors (Lipinski definition) is 3. The summed E-state index contributed by atoms with van der Waals surface area (Å²) in [6.45, 7) is 17.5. The molecular weight excluding hydrogens is 886 g/mol. The molecule has 378 valence electrons. The van der Waals surface area contributed by atoms with Crippen LogP contribution >= 0.6 is 0 Å². The average Bonchev–Trinajstić information content (AvgIpc) is 3.56. The average molecular weight is 959 g/mol. The summed E-state index contributed by atoms with van der Waals surface area (Å²) < 4.78 is 76.1. The molecule has 5 aliphatic rings. The largest absolute Gasteiger partial charge is 0.465 e. The van der Waals surface area contributed by atoms with Gasteiger partial charge >= 0.3 is 18.2 Å². The number of aromatic nitrogens is 1. The van der Waals surface area contributed by atoms with Crippen LogP contribution in [0.2, 0.25) is 0 Å². The summed E-state index contributed by atoms with van der Waals surface area (Å²) in [4.78, 5) is 48.0. The van der Waals surface area contributed by atoms with Crippen molar-refractivity contribution in [3.63, 3.8) is 0 Å². The molecule has 5 aliphatic heterocycles. The maximum atomic E-state index is 15.1. The number of nitrogens with two attached hydrogens (primary N) is 1. The fourth-order valence-electron chi connectivity index (χ4n) is 10.1. The molecule has 2 amide bonds. The Balaban J connectivity index is 1.37. The van der Waals surface area contributed by atoms with Crippen molar-refractivity contribution in [1.29, 1.82) is 0 Å². The van der Waals surface area contributed by atoms with E-state index in [2.05, 4.69) is 25.4 Å². The van der Waals surface area contributed by atoms with Crippen LogP contribution in [0.15, 0.2) is 35.7 Å². The SMILES string of the molecule is CC/C(=C\C(=C(/N)[C@H](C)OC)c1c2c3cc(ccc3n1CC(F)(F)F)N1CCO[C@@H](C[C@H](NC(=O)OC(C)(C)C)C(=O)N3CCC[C@@H](CC(=O)OCC(C)(C)C2)N3)C1)N1CCN2CCOC[C@@H]2C1. The number of fused-ring (bicyclic) bond motifs is 7. The van der Waals surface area contributed by atoms with Gasteiger partial charge < -0.3 is 49.1 Å². The lowest BCUT2D eigenvalue weighted by Gasteiger charge is -2.45. The second kappa shape index (κ2) is 21.2. The first-order valence-corrected chi connectivity index (χ1v) is 24.2. The summed E-state index contributed by atoms with van der Waals surface area (Å²) in [6.07, 6.45) is -2.50. The van der Waals surface area contributed by atoms with Crippen molar-refractivity contribution < 1.29 is 51.2 Å². The Morgan fingerprint density at radius 1 is 1.09 bits per heavy atom. The molecule has 4 N–H and O–H groups in total. The van der Waals surface area contributed by atoms with Gasteiger partial charge in [-0.15, -0.1) is 0 Å². The molecule has 4 saturated heterocycles. The van der Waals surface area contributed by atoms with Gasteiger partial charge in [0.05, 0.1) is 56.8 Å². The lowest BCUT2D eigenvalue weighted by atomic mass is 9.84. The predicted molar refractivity (Wildman–Crippen MR) is 252 cm³/mol. The number of piperazine rings is 1. The van der Waals surface area contributed by atoms with Crippen LogP contribution in [0.1, 0.15) is 91.8 Å². The number of nitrogens with zero attached hydrogens (tertiary/aromatic N) is 5. The third-order valence-electron chi connectivity index (χ3n) is 13.6. The van der Waals surface area contributed by atoms with Gasteiger partial charge in [0, 0.05) is 104 Å². The minimum absolute atomic E-state index is 0.0334. The summed E-state index contributed by atoms with van der Waals surface area (Å²) in [7, 11) is 1.53. The topological polar surface area (TPSA) is 165 Å². The second-order valence-corrected chi connectivity index (χ2v) is 20.7. The normalized spacial score (nSPS) is 25.8. The van der Waals surface area contributed by atoms with Gasteiger partial charge in [-0.25, -0.2) is 10.2 Å². The Morgan fingerprint density at radius 3 is 2.59 bits per heavy atom. The van der Waals surface area contributed by atoms with E-state index in [0.717, 1.165) is 31.0 Å². The van der Waals surface area contributed by atoms with Gasteiger partial charge in [-0.2, -0.15) is 13.2 Å². The number of allylic oxidation sites excluding steroid dienone is 3. The van der Waals surface area contributed by atoms with E-state index in [1.807, 2.05) is 39.0 Å². The Kier molecular flexibility index (Phi) is 16.0. The van der Waals surface area contributed by atoms with Crippen molar-refractivity contribution in [2.75, 3.05) is 84.3 Å². The third kappa shape index (κ3) is 12.6. The number of carbonyl (C=O) groups excluding carboxylic acids is 3. The van der Waals surface area contributed by atoms with E-state index in [1.54, 1.807) is 33.8 Å². The fourth-order valence-corrected chi connectivity index (χ4v) is 10.1. The summed E-state index contributed by atoms with van der Waals surface area (Å²) >= 11 is 0. The molecule has 6 bridgehead atoms. The number of anilines is 1. The van der Waals surface area contributed by atoms with Crippen LogP contribution < -0.4 is 21.4 Å². The molecule has 4 fully saturated rings. The van der Waals surface area contributed by atoms with Gasteiger partial charge in [0.15, 0.2) is 0 Å². The van der Waals surface area contributed by atoms with E-state index in [0.29, 0.717) is 93.0 Å². The van der Waals surface area contributed by atoms with Gasteiger partial charge in [-0.05, 0) is 83.2 Å². The zero-order valence-electron chi connectivity index (χ0n) is 41.1. The van der Waals surface area contributed by atoms with Crippen LogP contribution in [-0.2, 0) is 46.2 Å². The van der Waals surface area contributed by atoms with E-state index < -0.39 is 66.0 Å². The molecule has 16 nitrogen and oxygen atoms in total. The summed E-state index contributed by atoms with van der Waals surface area (Å²) in [5.41, 5.74) is 12.4. The standard InChI is InChI=1S/C49H73F3N8O8/c1-9-33(57-16-15-56-17-19-65-28-35(56)26-57)22-38(43(53)31(2)64-8)44-39-25-48(6,7)30-67-42(61)21-32-11-10-14-60(55-32)45(62)40(54-46(63)68-47(3,4)5)24-36-27-58(18-20-66-36)34-12-13-41(37(39)23-34)59(44)29-49(50,51)52/h12-13,22-23,31-32,35-36,40,55H,9-11,14-21,24-30,53H2,1-8H3,(H,54,63)/b33-22+,43-38+/t31-,32-,35-,36-,40-/m0/s1. The molecular formula is C49H73F3N8O8. The first-order valence-electron chi connectivity index (χ1n) is 24.2. The van der Waals surface area contributed by atoms with Gasteiger partial charge in [0.1, 0.15) is 18.2 Å². The van der Waals surface area contributed by atoms with Crippen LogP contribution in [0.25, 0.3) is 16.5 Å². The van der Waals surface area contributed by atoms with Crippen LogP contribution in [0.5, 0.6) is 0 Å². The van der Waals surface area contributed by atoms with Crippen LogP contribution in [-0.4, -0.2) is 159 Å². The third-order valence-corrected chi connectivity index (χ3v) is 13.6. The van der Waals surface area contributed by atoms with Crippen molar-refractivity contribution in [3.05, 3.63) is 46.9 Å². The van der Waals surface area contributed by atoms with Gasteiger partial charge in [0.25, 0.3) is 5.91 Å². The molecule has 6 heterocycles. The number of alkyl halides is 3. The van der Waals surface area contributed by atoms with Gasteiger partial charge in [-0.3, -0.25) is 19.5 Å². The minimum Gasteiger partial charge on any atom is -0.465 e. The lowest BCUT2D eigenvalue weighted by molar-refractivity contribution is -0.150. The number of benzene rings is 1. The molecule has 5 atom stereocenters. The molecule has 1 aromatic heterocycles. The molecule has 7 rings (SSSR count). The molecule has 19 heteroatoms. The van der Waals surface area contributed by atoms with Crippen molar-refractivity contribution in [2.24, 2.45) is 11.1 Å². The van der Waals surface area contributed by atoms with Crippen LogP contribution in [0.4, 0.5) is 23.7 Å². The van der Waals surface area contributed by atoms with Crippen molar-refractivity contribution in [3.8, 4) is 0 Å². The highest BCUT2D eigenvalue weighted by Crippen LogP contribution is 2.42. The number of halogens is 3. The van der Waals surface area contributed by atoms with Gasteiger partial charge in [-0.1, -0.05) is 20.8 Å². The Bertz CT molecular complexity index is 2200. The zero-order valence-corrected chi connectivity index (χ0v) is 41.1. The Hall–Kier alpha value is -4.56. The van der Waals surface area contributed by atoms with E-state index in [9.17, 15) is 14.4 Å². The number of morpholine rings is 2. The predicted octanol–water partition coefficient (Wildman–Crippen LogP) is 5.72. The number of ether oxygens (including phenoxy) is 5. The van der Waals surface area contributed by atoms with Gasteiger partial charge in [0.2, 0.25) is 0 Å². The number of nitrogens with one attached hydrogen (secondary N) is 2. The van der Waals surface area contributed by atoms with E-state index in [1.165, 1.54) is 16.7 Å². The number of carbonyl (C=O) groups is 3. The summed E-state index contributed by atoms with van der Waals surface area (Å²) in [5, 5.41) is 4.86. The summed E-state index contributed by atoms with van der Waals surface area (Å²) in [5.74, 6) is -0.879. The number of cyclic esters (lactones) is 1. The number of hydrazine groups is 1. The molecule has 1 aromatic carbocycles. The number of alkyl carbamates (subject to hydrolysis) is 1. The Labute approximate surface area is 398 Å². The lowest BCUT2D eigenvalue weighted by Crippen LogP contribution is -2.60. The Morgan fingerprint density at radius 2 is 1.87 bits per heavy atom. The minimum atomic E-state index is -4.62. The fraction of sp³-hybridized carbons (Fsp3) is 0.694. The zero-order chi connectivity index (χ0) is 49.1. The monoisotopic (exact) mass is 959 g/mol. The quantitative estimate of drug-likeness (QED) is 0.218. The molecule has 0 spiro atoms. The first-order chi connectivity index (χ1) is 32.1. The molecule has 68 heavy (non-hydrogen) atoms. The maximum Gasteiger partial charge on any atom is 0.408 e. The number of rotatable bonds is 8. The molecule has 2 aromatic rings. The number of amides is 2. The highest BCUT2D eigenvalue weighted by atomic mass is 19.4. The van der Waals surface area contributed by atoms with Crippen molar-refractivity contribution >= 4 is 40.1 Å². The second-order valence-electron chi connectivity index (χ2n) is 20.7.